The summed E-state index contributed by atoms with van der Waals surface area (Å²) < 4.78 is 139. The monoisotopic (exact) mass is 1390 g/mol. The molecule has 0 fully saturated rings. The molecule has 14 N–H and O–H groups in total. The summed E-state index contributed by atoms with van der Waals surface area (Å²) in [4.78, 5) is 115. The maximum absolute atomic E-state index is 14.6. The van der Waals surface area contributed by atoms with E-state index in [1.807, 2.05) is 35.1 Å². The number of nitrogens with one attached hydrogen (secondary N) is 3. The van der Waals surface area contributed by atoms with E-state index in [2.05, 4.69) is 46.7 Å². The van der Waals surface area contributed by atoms with Crippen molar-refractivity contribution in [3.63, 3.8) is 0 Å². The van der Waals surface area contributed by atoms with E-state index in [1.165, 1.54) is 25.1 Å². The minimum absolute atomic E-state index is 0.000395. The number of likely N-dealkylation sites (N-methyl/N-ethyl adjacent to an activating group) is 1. The Labute approximate surface area is 527 Å². The van der Waals surface area contributed by atoms with E-state index in [0.717, 1.165) is 16.9 Å². The van der Waals surface area contributed by atoms with Crippen molar-refractivity contribution in [2.24, 2.45) is 17.2 Å². The van der Waals surface area contributed by atoms with Gasteiger partial charge in [-0.15, -0.1) is 0 Å². The summed E-state index contributed by atoms with van der Waals surface area (Å²) in [6.45, 7) is 10.3. The molecule has 1 aromatic heterocycles. The molecule has 3 aromatic carbocycles. The number of halogens is 12. The number of aliphatic carboxylic acids is 5. The van der Waals surface area contributed by atoms with E-state index in [9.17, 15) is 81.8 Å². The van der Waals surface area contributed by atoms with Gasteiger partial charge in [-0.3, -0.25) is 19.2 Å². The second kappa shape index (κ2) is 36.5. The predicted molar refractivity (Wildman–Crippen MR) is 308 cm³/mol. The third-order valence-electron chi connectivity index (χ3n) is 11.2. The number of carbonyl (C=O) groups excluding carboxylic acids is 4. The molecule has 1 aliphatic rings. The van der Waals surface area contributed by atoms with Crippen molar-refractivity contribution in [2.75, 3.05) is 39.9 Å². The van der Waals surface area contributed by atoms with Gasteiger partial charge in [-0.25, -0.2) is 33.9 Å². The van der Waals surface area contributed by atoms with Crippen molar-refractivity contribution in [3.8, 4) is 34.0 Å². The van der Waals surface area contributed by atoms with Gasteiger partial charge in [0.05, 0.1) is 11.3 Å². The van der Waals surface area contributed by atoms with Gasteiger partial charge >= 0.3 is 54.6 Å². The summed E-state index contributed by atoms with van der Waals surface area (Å²) in [5, 5.41) is 46.6. The van der Waals surface area contributed by atoms with Crippen LogP contribution in [-0.2, 0) is 50.5 Å². The predicted octanol–water partition coefficient (Wildman–Crippen LogP) is 6.28. The van der Waals surface area contributed by atoms with Crippen molar-refractivity contribution in [1.29, 1.82) is 0 Å². The third-order valence-corrected chi connectivity index (χ3v) is 14.5. The number of benzene rings is 3. The normalized spacial score (nSPS) is 15.2. The van der Waals surface area contributed by atoms with Crippen LogP contribution in [0.4, 0.5) is 52.7 Å². The number of carboxylic acids is 5. The molecular formula is C54H63F12N9O16S2. The molecule has 0 aliphatic carbocycles. The summed E-state index contributed by atoms with van der Waals surface area (Å²) in [6, 6.07) is 12.7. The largest absolute Gasteiger partial charge is 0.492 e. The van der Waals surface area contributed by atoms with Crippen molar-refractivity contribution < 1.29 is 131 Å². The number of rotatable bonds is 17. The van der Waals surface area contributed by atoms with Gasteiger partial charge in [0.15, 0.2) is 5.82 Å². The first-order valence-corrected chi connectivity index (χ1v) is 28.5. The first-order valence-electron chi connectivity index (χ1n) is 26.2. The van der Waals surface area contributed by atoms with Crippen molar-refractivity contribution in [1.82, 2.24) is 30.8 Å². The van der Waals surface area contributed by atoms with Crippen LogP contribution in [0, 0.1) is 6.92 Å². The van der Waals surface area contributed by atoms with Crippen LogP contribution in [0.25, 0.3) is 22.5 Å². The summed E-state index contributed by atoms with van der Waals surface area (Å²) in [5.41, 5.74) is 21.8. The minimum Gasteiger partial charge on any atom is -0.492 e. The zero-order valence-corrected chi connectivity index (χ0v) is 51.1. The molecule has 4 bridgehead atoms. The Morgan fingerprint density at radius 2 is 1.15 bits per heavy atom. The Balaban J connectivity index is 0.00000128. The first kappa shape index (κ1) is 82.3. The number of carboxylic acid groups (broad SMARTS) is 5. The zero-order valence-electron chi connectivity index (χ0n) is 49.5. The number of carbonyl (C=O) groups is 9. The van der Waals surface area contributed by atoms with Crippen LogP contribution in [0.15, 0.2) is 66.9 Å². The molecule has 1 aliphatic heterocycles. The molecule has 0 saturated carbocycles. The maximum atomic E-state index is 14.6. The molecule has 4 atom stereocenters. The average molecular weight is 1390 g/mol. The van der Waals surface area contributed by atoms with Gasteiger partial charge in [-0.05, 0) is 67.8 Å². The van der Waals surface area contributed by atoms with E-state index in [-0.39, 0.29) is 56.0 Å². The fourth-order valence-electron chi connectivity index (χ4n) is 6.96. The lowest BCUT2D eigenvalue weighted by molar-refractivity contribution is -0.193. The summed E-state index contributed by atoms with van der Waals surface area (Å²) in [5.74, 6) is -13.1. The number of fused-ring (bicyclic) bond motifs is 5. The lowest BCUT2D eigenvalue weighted by Gasteiger charge is -2.32. The molecule has 25 nitrogen and oxygen atoms in total. The molecule has 39 heteroatoms. The third kappa shape index (κ3) is 28.8. The molecule has 0 radical (unpaired) electrons. The molecule has 0 unspecified atom stereocenters. The Bertz CT molecular complexity index is 3130. The smallest absolute Gasteiger partial charge is 0.490 e. The van der Waals surface area contributed by atoms with Gasteiger partial charge in [0.1, 0.15) is 48.9 Å². The van der Waals surface area contributed by atoms with E-state index in [4.69, 9.17) is 66.3 Å². The molecule has 0 saturated heterocycles. The highest BCUT2D eigenvalue weighted by atomic mass is 33.1. The van der Waals surface area contributed by atoms with Gasteiger partial charge in [0.2, 0.25) is 17.7 Å². The second-order valence-corrected chi connectivity index (χ2v) is 22.8. The quantitative estimate of drug-likeness (QED) is 0.0409. The van der Waals surface area contributed by atoms with Crippen molar-refractivity contribution in [2.45, 2.75) is 107 Å². The number of amides is 4. The number of nitrogens with two attached hydrogens (primary N) is 3. The Hall–Kier alpha value is -8.69. The number of aromatic nitrogens is 2. The fraction of sp³-hybridized carbons (Fsp3) is 0.426. The molecule has 4 amide bonds. The molecule has 2 heterocycles. The molecular weight excluding hydrogens is 1320 g/mol. The minimum atomic E-state index is -5.08. The summed E-state index contributed by atoms with van der Waals surface area (Å²) >= 11 is 0. The SMILES string of the molecule is Cc1nc(-c2ccc(CSSC(C)(C)C)cc2)ncc1C(=O)N[C@@H](CCN)C(=O)N(C)[C@@H]1C(=O)N[C@@H](C)C(=O)N[C@H](C(=O)O)Cc2ccc(OCCN)c(c2)-c2cc1ccc2OCCN.O=C(O)C(F)(F)F.O=C(O)C(F)(F)F.O=C(O)C(F)(F)F.O=C(O)C(F)(F)F. The molecule has 5 rings (SSSR count). The number of alkyl halides is 12. The van der Waals surface area contributed by atoms with E-state index < -0.39 is 102 Å². The highest BCUT2D eigenvalue weighted by Crippen LogP contribution is 2.41. The van der Waals surface area contributed by atoms with Crippen LogP contribution in [0.3, 0.4) is 0 Å². The van der Waals surface area contributed by atoms with Crippen LogP contribution >= 0.6 is 21.6 Å². The van der Waals surface area contributed by atoms with Gasteiger partial charge in [0, 0.05) is 59.9 Å². The summed E-state index contributed by atoms with van der Waals surface area (Å²) in [6.07, 6.45) is -19.0. The van der Waals surface area contributed by atoms with Crippen LogP contribution in [-0.4, -0.2) is 181 Å². The lowest BCUT2D eigenvalue weighted by Crippen LogP contribution is -2.55. The topological polar surface area (TPSA) is 416 Å². The van der Waals surface area contributed by atoms with Crippen LogP contribution in [0.2, 0.25) is 0 Å². The Kier molecular flexibility index (Phi) is 32.3. The Morgan fingerprint density at radius 1 is 0.688 bits per heavy atom. The highest BCUT2D eigenvalue weighted by molar-refractivity contribution is 8.76. The zero-order chi connectivity index (χ0) is 71.7. The molecule has 516 valence electrons. The molecule has 93 heavy (non-hydrogen) atoms. The number of hydrogen-bond acceptors (Lipinski definition) is 18. The lowest BCUT2D eigenvalue weighted by atomic mass is 9.93. The van der Waals surface area contributed by atoms with E-state index in [0.29, 0.717) is 45.3 Å². The van der Waals surface area contributed by atoms with Crippen molar-refractivity contribution >= 4 is 75.1 Å². The second-order valence-electron chi connectivity index (χ2n) is 19.7. The van der Waals surface area contributed by atoms with Crippen LogP contribution in [0.5, 0.6) is 11.5 Å². The standard InChI is InChI=1S/C46H59N9O8S2.4C2HF3O2/c1-26-34(24-50-40(51-26)30-10-7-28(8-11-30)25-64-65-46(3,4)5)42(57)53-35(15-16-47)44(59)55(6)39-31-12-14-38(63-20-18-49)33(23-31)32-21-29(9-13-37(32)62-19-17-48)22-36(45(60)61)54-41(56)27(2)52-43(39)58;4*3-2(4,5)1(6)7/h7-14,21,23-24,27,35-36,39H,15-20,22,25,47-49H2,1-6H3,(H,52,58)(H,53,57)(H,54,56)(H,60,61);4*(H,6,7)/t27-,35-,36-,39-;;;;/m0..../s1. The van der Waals surface area contributed by atoms with E-state index in [1.54, 1.807) is 54.1 Å². The van der Waals surface area contributed by atoms with Gasteiger partial charge in [-0.2, -0.15) is 52.7 Å². The molecule has 4 aromatic rings. The summed E-state index contributed by atoms with van der Waals surface area (Å²) in [7, 11) is 5.01. The number of aryl methyl sites for hydroxylation is 1. The first-order chi connectivity index (χ1) is 42.7. The van der Waals surface area contributed by atoms with E-state index >= 15 is 0 Å². The maximum Gasteiger partial charge on any atom is 0.490 e. The average Bonchev–Trinajstić information content (AvgIpc) is 0.787. The number of nitrogens with zero attached hydrogens (tertiary/aromatic N) is 3. The highest BCUT2D eigenvalue weighted by Gasteiger charge is 2.41. The van der Waals surface area contributed by atoms with Gasteiger partial charge < -0.3 is 73.1 Å². The Morgan fingerprint density at radius 3 is 1.57 bits per heavy atom. The van der Waals surface area contributed by atoms with Gasteiger partial charge in [0.25, 0.3) is 5.91 Å². The molecule has 0 spiro atoms. The van der Waals surface area contributed by atoms with Gasteiger partial charge in [-0.1, -0.05) is 78.8 Å². The fourth-order valence-corrected chi connectivity index (χ4v) is 9.35. The number of hydrogen-bond donors (Lipinski definition) is 11. The van der Waals surface area contributed by atoms with Crippen LogP contribution in [0.1, 0.15) is 72.9 Å². The number of ether oxygens (including phenoxy) is 2. The van der Waals surface area contributed by atoms with Crippen molar-refractivity contribution in [3.05, 3.63) is 94.8 Å². The van der Waals surface area contributed by atoms with Crippen LogP contribution < -0.4 is 42.6 Å².